The van der Waals surface area contributed by atoms with Crippen molar-refractivity contribution < 1.29 is 8.42 Å². The van der Waals surface area contributed by atoms with E-state index >= 15 is 0 Å². The van der Waals surface area contributed by atoms with Crippen molar-refractivity contribution in [2.45, 2.75) is 17.9 Å². The van der Waals surface area contributed by atoms with Crippen LogP contribution in [-0.4, -0.2) is 50.3 Å². The molecule has 0 saturated carbocycles. The van der Waals surface area contributed by atoms with Gasteiger partial charge in [-0.3, -0.25) is 0 Å². The van der Waals surface area contributed by atoms with Gasteiger partial charge in [-0.25, -0.2) is 8.42 Å². The summed E-state index contributed by atoms with van der Waals surface area (Å²) in [6.07, 6.45) is 0. The highest BCUT2D eigenvalue weighted by Gasteiger charge is 2.33. The third kappa shape index (κ3) is 2.89. The molecule has 1 aromatic rings. The van der Waals surface area contributed by atoms with Gasteiger partial charge in [-0.15, -0.1) is 0 Å². The number of likely N-dealkylation sites (N-methyl/N-ethyl adjacent to an activating group) is 1. The fraction of sp³-hybridized carbons (Fsp3) is 0.500. The topological polar surface area (TPSA) is 66.6 Å². The molecule has 2 N–H and O–H groups in total. The minimum atomic E-state index is -3.71. The number of hydrogen-bond acceptors (Lipinski definition) is 4. The van der Waals surface area contributed by atoms with Gasteiger partial charge >= 0.3 is 0 Å². The molecule has 1 atom stereocenters. The van der Waals surface area contributed by atoms with Gasteiger partial charge in [-0.2, -0.15) is 4.31 Å². The molecule has 0 aliphatic carbocycles. The van der Waals surface area contributed by atoms with Crippen LogP contribution in [0.15, 0.2) is 17.0 Å². The van der Waals surface area contributed by atoms with Crippen LogP contribution in [0.2, 0.25) is 10.0 Å². The highest BCUT2D eigenvalue weighted by atomic mass is 35.5. The number of anilines is 1. The zero-order chi connectivity index (χ0) is 15.1. The van der Waals surface area contributed by atoms with Crippen LogP contribution in [0.5, 0.6) is 0 Å². The molecule has 8 heteroatoms. The van der Waals surface area contributed by atoms with E-state index in [0.717, 1.165) is 0 Å². The van der Waals surface area contributed by atoms with Crippen molar-refractivity contribution in [3.05, 3.63) is 22.2 Å². The molecule has 0 bridgehead atoms. The Morgan fingerprint density at radius 1 is 1.30 bits per heavy atom. The molecular formula is C12H17Cl2N3O2S. The number of rotatable bonds is 2. The second kappa shape index (κ2) is 5.69. The van der Waals surface area contributed by atoms with Gasteiger partial charge in [0.2, 0.25) is 10.0 Å². The minimum absolute atomic E-state index is 0.0553. The molecular weight excluding hydrogens is 321 g/mol. The first-order chi connectivity index (χ1) is 9.23. The predicted molar refractivity (Wildman–Crippen MR) is 81.7 cm³/mol. The van der Waals surface area contributed by atoms with E-state index in [9.17, 15) is 8.42 Å². The van der Waals surface area contributed by atoms with Gasteiger partial charge in [0.25, 0.3) is 0 Å². The van der Waals surface area contributed by atoms with Gasteiger partial charge in [0.15, 0.2) is 0 Å². The number of benzene rings is 1. The molecule has 1 aliphatic heterocycles. The third-order valence-electron chi connectivity index (χ3n) is 3.56. The summed E-state index contributed by atoms with van der Waals surface area (Å²) in [5, 5.41) is 0.375. The summed E-state index contributed by atoms with van der Waals surface area (Å²) < 4.78 is 26.8. The molecule has 0 spiro atoms. The Morgan fingerprint density at radius 3 is 2.50 bits per heavy atom. The number of nitrogens with two attached hydrogens (primary N) is 1. The van der Waals surface area contributed by atoms with E-state index in [0.29, 0.717) is 24.7 Å². The van der Waals surface area contributed by atoms with E-state index in [1.807, 2.05) is 14.0 Å². The van der Waals surface area contributed by atoms with Crippen LogP contribution < -0.4 is 5.73 Å². The lowest BCUT2D eigenvalue weighted by Crippen LogP contribution is -2.51. The number of nitrogen functional groups attached to an aromatic ring is 1. The highest BCUT2D eigenvalue weighted by molar-refractivity contribution is 7.89. The molecule has 5 nitrogen and oxygen atoms in total. The predicted octanol–water partition coefficient (Wildman–Crippen LogP) is 1.90. The van der Waals surface area contributed by atoms with Crippen molar-refractivity contribution in [1.82, 2.24) is 9.21 Å². The van der Waals surface area contributed by atoms with Crippen molar-refractivity contribution in [3.8, 4) is 0 Å². The first-order valence-corrected chi connectivity index (χ1v) is 8.38. The van der Waals surface area contributed by atoms with Crippen molar-refractivity contribution in [2.24, 2.45) is 0 Å². The maximum absolute atomic E-state index is 12.7. The maximum Gasteiger partial charge on any atom is 0.246 e. The SMILES string of the molecule is CC1CN(S(=O)(=O)c2c(N)cc(Cl)cc2Cl)CCN1C. The molecule has 0 amide bonds. The summed E-state index contributed by atoms with van der Waals surface area (Å²) in [7, 11) is -1.73. The van der Waals surface area contributed by atoms with E-state index in [2.05, 4.69) is 4.90 Å². The molecule has 1 heterocycles. The average molecular weight is 338 g/mol. The van der Waals surface area contributed by atoms with Crippen molar-refractivity contribution in [2.75, 3.05) is 32.4 Å². The van der Waals surface area contributed by atoms with Crippen molar-refractivity contribution >= 4 is 38.9 Å². The quantitative estimate of drug-likeness (QED) is 0.837. The van der Waals surface area contributed by atoms with Gasteiger partial charge < -0.3 is 10.6 Å². The lowest BCUT2D eigenvalue weighted by atomic mass is 10.2. The third-order valence-corrected chi connectivity index (χ3v) is 6.17. The molecule has 0 aromatic heterocycles. The Bertz CT molecular complexity index is 598. The molecule has 1 saturated heterocycles. The molecule has 1 aromatic carbocycles. The Morgan fingerprint density at radius 2 is 1.95 bits per heavy atom. The summed E-state index contributed by atoms with van der Waals surface area (Å²) in [5.74, 6) is 0. The Labute approximate surface area is 129 Å². The van der Waals surface area contributed by atoms with Crippen LogP contribution in [0.4, 0.5) is 5.69 Å². The summed E-state index contributed by atoms with van der Waals surface area (Å²) in [6, 6.07) is 2.94. The smallest absolute Gasteiger partial charge is 0.246 e. The Kier molecular flexibility index (Phi) is 4.51. The Balaban J connectivity index is 2.41. The van der Waals surface area contributed by atoms with E-state index in [1.165, 1.54) is 16.4 Å². The van der Waals surface area contributed by atoms with E-state index in [1.54, 1.807) is 0 Å². The average Bonchev–Trinajstić information content (AvgIpc) is 2.30. The lowest BCUT2D eigenvalue weighted by Gasteiger charge is -2.37. The van der Waals surface area contributed by atoms with Crippen molar-refractivity contribution in [3.63, 3.8) is 0 Å². The number of halogens is 2. The molecule has 1 aliphatic rings. The first-order valence-electron chi connectivity index (χ1n) is 6.18. The number of piperazine rings is 1. The number of nitrogens with zero attached hydrogens (tertiary/aromatic N) is 2. The summed E-state index contributed by atoms with van der Waals surface area (Å²) >= 11 is 11.8. The van der Waals surface area contributed by atoms with Gasteiger partial charge in [-0.05, 0) is 26.1 Å². The van der Waals surface area contributed by atoms with Crippen molar-refractivity contribution in [1.29, 1.82) is 0 Å². The monoisotopic (exact) mass is 337 g/mol. The molecule has 112 valence electrons. The fourth-order valence-corrected chi connectivity index (χ4v) is 4.67. The van der Waals surface area contributed by atoms with Gasteiger partial charge in [0, 0.05) is 30.7 Å². The van der Waals surface area contributed by atoms with E-state index in [4.69, 9.17) is 28.9 Å². The van der Waals surface area contributed by atoms with Crippen LogP contribution >= 0.6 is 23.2 Å². The van der Waals surface area contributed by atoms with Gasteiger partial charge in [-0.1, -0.05) is 23.2 Å². The molecule has 1 unspecified atom stereocenters. The molecule has 2 rings (SSSR count). The second-order valence-electron chi connectivity index (χ2n) is 5.00. The molecule has 1 fully saturated rings. The second-order valence-corrected chi connectivity index (χ2v) is 7.72. The summed E-state index contributed by atoms with van der Waals surface area (Å²) in [6.45, 7) is 3.48. The van der Waals surface area contributed by atoms with Gasteiger partial charge in [0.05, 0.1) is 10.7 Å². The zero-order valence-electron chi connectivity index (χ0n) is 11.3. The van der Waals surface area contributed by atoms with Gasteiger partial charge in [0.1, 0.15) is 4.90 Å². The number of sulfonamides is 1. The standard InChI is InChI=1S/C12H17Cl2N3O2S/c1-8-7-17(4-3-16(8)2)20(18,19)12-10(14)5-9(13)6-11(12)15/h5-6,8H,3-4,7,15H2,1-2H3. The Hall–Kier alpha value is -0.530. The first kappa shape index (κ1) is 15.9. The van der Waals surface area contributed by atoms with E-state index in [-0.39, 0.29) is 21.6 Å². The van der Waals surface area contributed by atoms with Crippen LogP contribution in [0.3, 0.4) is 0 Å². The maximum atomic E-state index is 12.7. The summed E-state index contributed by atoms with van der Waals surface area (Å²) in [5.41, 5.74) is 5.87. The fourth-order valence-electron chi connectivity index (χ4n) is 2.21. The van der Waals surface area contributed by atoms with Crippen LogP contribution in [0.25, 0.3) is 0 Å². The van der Waals surface area contributed by atoms with Crippen LogP contribution in [0.1, 0.15) is 6.92 Å². The summed E-state index contributed by atoms with van der Waals surface area (Å²) in [4.78, 5) is 2.05. The largest absolute Gasteiger partial charge is 0.398 e. The van der Waals surface area contributed by atoms with Crippen LogP contribution in [0, 0.1) is 0 Å². The number of hydrogen-bond donors (Lipinski definition) is 1. The lowest BCUT2D eigenvalue weighted by molar-refractivity contribution is 0.159. The zero-order valence-corrected chi connectivity index (χ0v) is 13.6. The van der Waals surface area contributed by atoms with E-state index < -0.39 is 10.0 Å². The molecule has 0 radical (unpaired) electrons. The normalized spacial score (nSPS) is 22.1. The molecule has 20 heavy (non-hydrogen) atoms. The minimum Gasteiger partial charge on any atom is -0.398 e. The van der Waals surface area contributed by atoms with Crippen LogP contribution in [-0.2, 0) is 10.0 Å². The highest BCUT2D eigenvalue weighted by Crippen LogP contribution is 2.33.